The number of benzene rings is 1. The van der Waals surface area contributed by atoms with Crippen molar-refractivity contribution in [3.8, 4) is 11.1 Å². The van der Waals surface area contributed by atoms with Crippen molar-refractivity contribution in [2.75, 3.05) is 0 Å². The van der Waals surface area contributed by atoms with E-state index in [1.54, 1.807) is 31.5 Å². The molecule has 0 aliphatic rings. The maximum atomic E-state index is 13.1. The Balaban J connectivity index is 1.81. The molecule has 0 spiro atoms. The summed E-state index contributed by atoms with van der Waals surface area (Å²) in [6.07, 6.45) is 3.75. The second-order valence-electron chi connectivity index (χ2n) is 6.59. The highest BCUT2D eigenvalue weighted by atomic mass is 16.6. The Morgan fingerprint density at radius 2 is 1.79 bits per heavy atom. The molecule has 0 amide bonds. The van der Waals surface area contributed by atoms with Crippen LogP contribution in [0.1, 0.15) is 22.5 Å². The van der Waals surface area contributed by atoms with Crippen molar-refractivity contribution in [2.45, 2.75) is 20.3 Å². The van der Waals surface area contributed by atoms with Crippen LogP contribution in [0.3, 0.4) is 0 Å². The molecule has 0 atom stereocenters. The van der Waals surface area contributed by atoms with Crippen molar-refractivity contribution >= 4 is 11.3 Å². The van der Waals surface area contributed by atoms with Crippen molar-refractivity contribution < 1.29 is 4.92 Å². The Bertz CT molecular complexity index is 1240. The number of hydrogen-bond donors (Lipinski definition) is 1. The van der Waals surface area contributed by atoms with Crippen LogP contribution in [-0.2, 0) is 6.42 Å². The molecule has 0 unspecified atom stereocenters. The fourth-order valence-electron chi connectivity index (χ4n) is 3.33. The van der Waals surface area contributed by atoms with Gasteiger partial charge in [-0.05, 0) is 37.1 Å². The van der Waals surface area contributed by atoms with Crippen LogP contribution in [0.2, 0.25) is 0 Å². The van der Waals surface area contributed by atoms with Crippen LogP contribution < -0.4 is 5.56 Å². The van der Waals surface area contributed by atoms with Gasteiger partial charge < -0.3 is 0 Å². The zero-order valence-electron chi connectivity index (χ0n) is 15.3. The molecule has 0 radical (unpaired) electrons. The topological polar surface area (TPSA) is 106 Å². The van der Waals surface area contributed by atoms with E-state index in [1.165, 1.54) is 16.6 Å². The minimum atomic E-state index is -0.445. The molecule has 4 aromatic rings. The predicted octanol–water partition coefficient (Wildman–Crippen LogP) is 3.20. The molecule has 1 N–H and O–H groups in total. The summed E-state index contributed by atoms with van der Waals surface area (Å²) in [6, 6.07) is 9.95. The lowest BCUT2D eigenvalue weighted by molar-refractivity contribution is -0.384. The first kappa shape index (κ1) is 17.6. The molecule has 0 fully saturated rings. The fourth-order valence-corrected chi connectivity index (χ4v) is 3.33. The molecule has 0 saturated heterocycles. The zero-order chi connectivity index (χ0) is 19.8. The number of non-ortho nitro benzene ring substituents is 1. The second-order valence-corrected chi connectivity index (χ2v) is 6.59. The van der Waals surface area contributed by atoms with Crippen LogP contribution in [0.15, 0.2) is 53.6 Å². The van der Waals surface area contributed by atoms with Gasteiger partial charge in [-0.1, -0.05) is 12.1 Å². The van der Waals surface area contributed by atoms with Crippen molar-refractivity contribution in [2.24, 2.45) is 0 Å². The summed E-state index contributed by atoms with van der Waals surface area (Å²) >= 11 is 0. The van der Waals surface area contributed by atoms with Gasteiger partial charge in [-0.15, -0.1) is 0 Å². The highest BCUT2D eigenvalue weighted by Gasteiger charge is 2.18. The summed E-state index contributed by atoms with van der Waals surface area (Å²) in [5.74, 6) is 0. The molecule has 4 rings (SSSR count). The van der Waals surface area contributed by atoms with E-state index < -0.39 is 4.92 Å². The number of H-pyrrole nitrogens is 1. The highest BCUT2D eigenvalue weighted by Crippen LogP contribution is 2.26. The molecule has 0 aliphatic heterocycles. The van der Waals surface area contributed by atoms with Gasteiger partial charge in [-0.3, -0.25) is 25.0 Å². The molecular weight excluding hydrogens is 358 g/mol. The SMILES string of the molecule is Cc1nc2c(-c3ccncc3)c(C)[nH]n2c(=O)c1Cc1ccc([N+](=O)[O-])cc1. The molecule has 3 aromatic heterocycles. The molecule has 0 aliphatic carbocycles. The summed E-state index contributed by atoms with van der Waals surface area (Å²) < 4.78 is 1.46. The van der Waals surface area contributed by atoms with Crippen molar-refractivity contribution in [1.82, 2.24) is 19.6 Å². The number of rotatable bonds is 4. The monoisotopic (exact) mass is 375 g/mol. The van der Waals surface area contributed by atoms with Gasteiger partial charge >= 0.3 is 0 Å². The lowest BCUT2D eigenvalue weighted by Gasteiger charge is -2.07. The number of pyridine rings is 1. The van der Waals surface area contributed by atoms with Gasteiger partial charge in [0.2, 0.25) is 0 Å². The lowest BCUT2D eigenvalue weighted by atomic mass is 10.0. The third-order valence-electron chi connectivity index (χ3n) is 4.76. The number of hydrogen-bond acceptors (Lipinski definition) is 5. The maximum absolute atomic E-state index is 13.1. The minimum absolute atomic E-state index is 0.0211. The van der Waals surface area contributed by atoms with Crippen LogP contribution in [0, 0.1) is 24.0 Å². The van der Waals surface area contributed by atoms with E-state index in [0.29, 0.717) is 23.3 Å². The van der Waals surface area contributed by atoms with Crippen LogP contribution in [-0.4, -0.2) is 24.5 Å². The molecule has 3 heterocycles. The highest BCUT2D eigenvalue weighted by molar-refractivity contribution is 5.79. The van der Waals surface area contributed by atoms with Gasteiger partial charge in [0.05, 0.1) is 4.92 Å². The first-order chi connectivity index (χ1) is 13.5. The Morgan fingerprint density at radius 1 is 1.11 bits per heavy atom. The van der Waals surface area contributed by atoms with Crippen molar-refractivity contribution in [1.29, 1.82) is 0 Å². The summed E-state index contributed by atoms with van der Waals surface area (Å²) in [5.41, 5.74) is 5.04. The fraction of sp³-hybridized carbons (Fsp3) is 0.150. The Morgan fingerprint density at radius 3 is 2.43 bits per heavy atom. The van der Waals surface area contributed by atoms with E-state index in [1.807, 2.05) is 19.1 Å². The summed E-state index contributed by atoms with van der Waals surface area (Å²) in [6.45, 7) is 3.70. The Hall–Kier alpha value is -3.81. The first-order valence-electron chi connectivity index (χ1n) is 8.70. The molecule has 28 heavy (non-hydrogen) atoms. The average Bonchev–Trinajstić information content (AvgIpc) is 3.02. The number of nitrogens with one attached hydrogen (secondary N) is 1. The molecule has 0 bridgehead atoms. The molecular formula is C20H17N5O3. The van der Waals surface area contributed by atoms with E-state index >= 15 is 0 Å². The normalized spacial score (nSPS) is 11.1. The van der Waals surface area contributed by atoms with Gasteiger partial charge in [0.1, 0.15) is 0 Å². The first-order valence-corrected chi connectivity index (χ1v) is 8.70. The number of nitrogens with zero attached hydrogens (tertiary/aromatic N) is 4. The minimum Gasteiger partial charge on any atom is -0.293 e. The van der Waals surface area contributed by atoms with Crippen LogP contribution >= 0.6 is 0 Å². The standard InChI is InChI=1S/C20H17N5O3/c1-12-17(11-14-3-5-16(6-4-14)25(27)28)20(26)24-19(22-12)18(13(2)23-24)15-7-9-21-10-8-15/h3-10,23H,11H2,1-2H3. The molecule has 140 valence electrons. The van der Waals surface area contributed by atoms with E-state index in [2.05, 4.69) is 15.1 Å². The predicted molar refractivity (Wildman–Crippen MR) is 104 cm³/mol. The molecule has 8 nitrogen and oxygen atoms in total. The zero-order valence-corrected chi connectivity index (χ0v) is 15.3. The van der Waals surface area contributed by atoms with E-state index in [4.69, 9.17) is 0 Å². The van der Waals surface area contributed by atoms with E-state index in [0.717, 1.165) is 22.4 Å². The maximum Gasteiger partial charge on any atom is 0.276 e. The van der Waals surface area contributed by atoms with E-state index in [9.17, 15) is 14.9 Å². The quantitative estimate of drug-likeness (QED) is 0.435. The number of aromatic nitrogens is 4. The second kappa shape index (κ2) is 6.73. The van der Waals surface area contributed by atoms with Crippen LogP contribution in [0.4, 0.5) is 5.69 Å². The number of fused-ring (bicyclic) bond motifs is 1. The Labute approximate surface area is 159 Å². The number of aromatic amines is 1. The summed E-state index contributed by atoms with van der Waals surface area (Å²) in [7, 11) is 0. The van der Waals surface area contributed by atoms with Crippen LogP contribution in [0.5, 0.6) is 0 Å². The Kier molecular flexibility index (Phi) is 4.23. The molecule has 1 aromatic carbocycles. The molecule has 0 saturated carbocycles. The van der Waals surface area contributed by atoms with Crippen molar-refractivity contribution in [3.05, 3.63) is 91.8 Å². The van der Waals surface area contributed by atoms with Gasteiger partial charge in [0, 0.05) is 53.5 Å². The van der Waals surface area contributed by atoms with E-state index in [-0.39, 0.29) is 11.2 Å². The largest absolute Gasteiger partial charge is 0.293 e. The number of nitro benzene ring substituents is 1. The summed E-state index contributed by atoms with van der Waals surface area (Å²) in [4.78, 5) is 32.2. The smallest absolute Gasteiger partial charge is 0.276 e. The van der Waals surface area contributed by atoms with Gasteiger partial charge in [0.25, 0.3) is 11.2 Å². The van der Waals surface area contributed by atoms with Crippen LogP contribution in [0.25, 0.3) is 16.8 Å². The molecule has 8 heteroatoms. The summed E-state index contributed by atoms with van der Waals surface area (Å²) in [5, 5.41) is 13.9. The lowest BCUT2D eigenvalue weighted by Crippen LogP contribution is -2.22. The van der Waals surface area contributed by atoms with Crippen molar-refractivity contribution in [3.63, 3.8) is 0 Å². The number of aryl methyl sites for hydroxylation is 2. The third-order valence-corrected chi connectivity index (χ3v) is 4.76. The number of nitro groups is 1. The average molecular weight is 375 g/mol. The van der Waals surface area contributed by atoms with Gasteiger partial charge in [-0.2, -0.15) is 0 Å². The third kappa shape index (κ3) is 2.94. The van der Waals surface area contributed by atoms with Gasteiger partial charge in [0.15, 0.2) is 5.65 Å². The van der Waals surface area contributed by atoms with Gasteiger partial charge in [-0.25, -0.2) is 9.50 Å².